The van der Waals surface area contributed by atoms with Crippen LogP contribution < -0.4 is 5.32 Å². The third-order valence-corrected chi connectivity index (χ3v) is 4.50. The molecule has 0 radical (unpaired) electrons. The molecule has 94 valence electrons. The van der Waals surface area contributed by atoms with Crippen molar-refractivity contribution in [3.05, 3.63) is 50.2 Å². The molecule has 0 spiro atoms. The molecule has 0 saturated carbocycles. The van der Waals surface area contributed by atoms with Crippen molar-refractivity contribution >= 4 is 22.9 Å². The number of nitrogens with one attached hydrogen (secondary N) is 1. The van der Waals surface area contributed by atoms with Gasteiger partial charge in [-0.1, -0.05) is 17.7 Å². The van der Waals surface area contributed by atoms with Crippen molar-refractivity contribution in [3.8, 4) is 0 Å². The van der Waals surface area contributed by atoms with Gasteiger partial charge in [-0.2, -0.15) is 0 Å². The van der Waals surface area contributed by atoms with E-state index in [4.69, 9.17) is 11.6 Å². The fourth-order valence-electron chi connectivity index (χ4n) is 2.34. The molecule has 1 aliphatic heterocycles. The quantitative estimate of drug-likeness (QED) is 0.866. The number of rotatable bonds is 1. The van der Waals surface area contributed by atoms with Crippen LogP contribution in [0.25, 0.3) is 0 Å². The number of aromatic nitrogens is 1. The second-order valence-corrected chi connectivity index (χ2v) is 5.96. The fourth-order valence-corrected chi connectivity index (χ4v) is 3.67. The molecule has 1 N–H and O–H groups in total. The van der Waals surface area contributed by atoms with Crippen LogP contribution in [0.3, 0.4) is 0 Å². The van der Waals surface area contributed by atoms with Crippen LogP contribution in [0.5, 0.6) is 0 Å². The van der Waals surface area contributed by atoms with E-state index in [1.807, 2.05) is 6.92 Å². The third kappa shape index (κ3) is 1.94. The maximum atomic E-state index is 14.0. The van der Waals surface area contributed by atoms with Crippen LogP contribution in [0.1, 0.15) is 27.2 Å². The van der Waals surface area contributed by atoms with E-state index in [2.05, 4.69) is 10.3 Å². The minimum atomic E-state index is -0.265. The molecule has 1 unspecified atom stereocenters. The Morgan fingerprint density at radius 2 is 2.33 bits per heavy atom. The van der Waals surface area contributed by atoms with Gasteiger partial charge >= 0.3 is 0 Å². The van der Waals surface area contributed by atoms with E-state index in [-0.39, 0.29) is 11.9 Å². The first-order chi connectivity index (χ1) is 8.66. The van der Waals surface area contributed by atoms with Crippen molar-refractivity contribution in [1.29, 1.82) is 0 Å². The molecule has 2 aromatic rings. The minimum Gasteiger partial charge on any atom is -0.305 e. The van der Waals surface area contributed by atoms with Gasteiger partial charge in [0, 0.05) is 28.4 Å². The lowest BCUT2D eigenvalue weighted by Crippen LogP contribution is -2.30. The van der Waals surface area contributed by atoms with E-state index in [0.717, 1.165) is 28.5 Å². The van der Waals surface area contributed by atoms with Crippen LogP contribution in [-0.2, 0) is 6.42 Å². The van der Waals surface area contributed by atoms with Gasteiger partial charge < -0.3 is 5.32 Å². The van der Waals surface area contributed by atoms with Crippen LogP contribution in [-0.4, -0.2) is 11.5 Å². The Kier molecular flexibility index (Phi) is 3.09. The molecule has 1 aromatic heterocycles. The highest BCUT2D eigenvalue weighted by Crippen LogP contribution is 2.37. The third-order valence-electron chi connectivity index (χ3n) is 3.10. The molecule has 0 aliphatic carbocycles. The summed E-state index contributed by atoms with van der Waals surface area (Å²) < 4.78 is 14.0. The van der Waals surface area contributed by atoms with Crippen molar-refractivity contribution in [2.45, 2.75) is 19.4 Å². The summed E-state index contributed by atoms with van der Waals surface area (Å²) in [4.78, 5) is 5.59. The first kappa shape index (κ1) is 12.1. The Morgan fingerprint density at radius 3 is 3.11 bits per heavy atom. The van der Waals surface area contributed by atoms with Crippen molar-refractivity contribution in [2.75, 3.05) is 6.54 Å². The standard InChI is InChI=1S/C13H12ClFN2S/c1-7-17-10-5-6-16-12(13(10)18-7)11-8(14)3-2-4-9(11)15/h2-4,12,16H,5-6H2,1H3. The SMILES string of the molecule is Cc1nc2c(s1)C(c1c(F)cccc1Cl)NCC2. The number of aryl methyl sites for hydroxylation is 1. The summed E-state index contributed by atoms with van der Waals surface area (Å²) in [5, 5.41) is 4.81. The molecule has 1 aromatic carbocycles. The predicted octanol–water partition coefficient (Wildman–Crippen LogP) is 3.48. The van der Waals surface area contributed by atoms with Gasteiger partial charge in [0.15, 0.2) is 0 Å². The molecule has 0 fully saturated rings. The lowest BCUT2D eigenvalue weighted by molar-refractivity contribution is 0.531. The average molecular weight is 283 g/mol. The normalized spacial score (nSPS) is 18.7. The highest BCUT2D eigenvalue weighted by Gasteiger charge is 2.28. The molecule has 0 amide bonds. The summed E-state index contributed by atoms with van der Waals surface area (Å²) in [6, 6.07) is 4.63. The van der Waals surface area contributed by atoms with Crippen LogP contribution in [0.15, 0.2) is 18.2 Å². The van der Waals surface area contributed by atoms with E-state index in [9.17, 15) is 4.39 Å². The second-order valence-electron chi connectivity index (χ2n) is 4.32. The topological polar surface area (TPSA) is 24.9 Å². The lowest BCUT2D eigenvalue weighted by atomic mass is 9.99. The lowest BCUT2D eigenvalue weighted by Gasteiger charge is -2.24. The molecule has 2 nitrogen and oxygen atoms in total. The molecule has 2 heterocycles. The minimum absolute atomic E-state index is 0.173. The summed E-state index contributed by atoms with van der Waals surface area (Å²) in [7, 11) is 0. The predicted molar refractivity (Wildman–Crippen MR) is 71.8 cm³/mol. The number of benzene rings is 1. The molecule has 0 bridgehead atoms. The highest BCUT2D eigenvalue weighted by molar-refractivity contribution is 7.11. The van der Waals surface area contributed by atoms with E-state index in [1.54, 1.807) is 23.5 Å². The summed E-state index contributed by atoms with van der Waals surface area (Å²) in [5.41, 5.74) is 1.60. The van der Waals surface area contributed by atoms with E-state index in [1.165, 1.54) is 6.07 Å². The zero-order valence-electron chi connectivity index (χ0n) is 9.84. The summed E-state index contributed by atoms with van der Waals surface area (Å²) in [5.74, 6) is -0.265. The molecule has 1 atom stereocenters. The Hall–Kier alpha value is -0.970. The van der Waals surface area contributed by atoms with Crippen LogP contribution in [0, 0.1) is 12.7 Å². The maximum Gasteiger partial charge on any atom is 0.129 e. The number of hydrogen-bond donors (Lipinski definition) is 1. The Morgan fingerprint density at radius 1 is 1.50 bits per heavy atom. The molecule has 5 heteroatoms. The molecular formula is C13H12ClFN2S. The van der Waals surface area contributed by atoms with Crippen molar-refractivity contribution in [2.24, 2.45) is 0 Å². The number of hydrogen-bond acceptors (Lipinski definition) is 3. The maximum absolute atomic E-state index is 14.0. The monoisotopic (exact) mass is 282 g/mol. The van der Waals surface area contributed by atoms with Gasteiger partial charge in [-0.25, -0.2) is 9.37 Å². The van der Waals surface area contributed by atoms with Crippen molar-refractivity contribution in [3.63, 3.8) is 0 Å². The van der Waals surface area contributed by atoms with Gasteiger partial charge in [-0.3, -0.25) is 0 Å². The van der Waals surface area contributed by atoms with E-state index >= 15 is 0 Å². The van der Waals surface area contributed by atoms with Gasteiger partial charge in [0.25, 0.3) is 0 Å². The zero-order chi connectivity index (χ0) is 12.7. The highest BCUT2D eigenvalue weighted by atomic mass is 35.5. The summed E-state index contributed by atoms with van der Waals surface area (Å²) in [6.07, 6.45) is 0.891. The first-order valence-electron chi connectivity index (χ1n) is 5.80. The molecule has 1 aliphatic rings. The van der Waals surface area contributed by atoms with Crippen molar-refractivity contribution in [1.82, 2.24) is 10.3 Å². The molecule has 3 rings (SSSR count). The van der Waals surface area contributed by atoms with E-state index in [0.29, 0.717) is 10.6 Å². The Labute approximate surface area is 114 Å². The Balaban J connectivity index is 2.14. The summed E-state index contributed by atoms with van der Waals surface area (Å²) >= 11 is 7.75. The zero-order valence-corrected chi connectivity index (χ0v) is 11.4. The first-order valence-corrected chi connectivity index (χ1v) is 7.00. The van der Waals surface area contributed by atoms with Gasteiger partial charge in [-0.15, -0.1) is 11.3 Å². The average Bonchev–Trinajstić information content (AvgIpc) is 2.70. The van der Waals surface area contributed by atoms with Crippen LogP contribution >= 0.6 is 22.9 Å². The molecule has 18 heavy (non-hydrogen) atoms. The number of nitrogens with zero attached hydrogens (tertiary/aromatic N) is 1. The van der Waals surface area contributed by atoms with Crippen LogP contribution in [0.4, 0.5) is 4.39 Å². The van der Waals surface area contributed by atoms with E-state index < -0.39 is 0 Å². The second kappa shape index (κ2) is 4.61. The van der Waals surface area contributed by atoms with Gasteiger partial charge in [0.2, 0.25) is 0 Å². The molecular weight excluding hydrogens is 271 g/mol. The number of halogens is 2. The smallest absolute Gasteiger partial charge is 0.129 e. The van der Waals surface area contributed by atoms with Gasteiger partial charge in [0.05, 0.1) is 16.7 Å². The number of fused-ring (bicyclic) bond motifs is 1. The van der Waals surface area contributed by atoms with Crippen molar-refractivity contribution < 1.29 is 4.39 Å². The largest absolute Gasteiger partial charge is 0.305 e. The summed E-state index contributed by atoms with van der Waals surface area (Å²) in [6.45, 7) is 2.77. The Bertz CT molecular complexity index is 576. The fraction of sp³-hybridized carbons (Fsp3) is 0.308. The van der Waals surface area contributed by atoms with Crippen LogP contribution in [0.2, 0.25) is 5.02 Å². The van der Waals surface area contributed by atoms with Gasteiger partial charge in [-0.05, 0) is 19.1 Å². The van der Waals surface area contributed by atoms with Gasteiger partial charge in [0.1, 0.15) is 5.82 Å². The molecule has 0 saturated heterocycles. The number of thiazole rings is 1.